The van der Waals surface area contributed by atoms with Gasteiger partial charge in [0.2, 0.25) is 11.2 Å². The molecule has 0 aliphatic rings. The minimum absolute atomic E-state index is 0.171. The minimum Gasteiger partial charge on any atom is -0.490 e. The van der Waals surface area contributed by atoms with Crippen molar-refractivity contribution in [2.24, 2.45) is 0 Å². The average Bonchev–Trinajstić information content (AvgIpc) is 2.53. The molecule has 3 rings (SSSR count). The lowest BCUT2D eigenvalue weighted by Gasteiger charge is -2.05. The highest BCUT2D eigenvalue weighted by molar-refractivity contribution is 7.98. The Balaban J connectivity index is 1.83. The normalized spacial score (nSPS) is 10.7. The van der Waals surface area contributed by atoms with Crippen LogP contribution in [0.15, 0.2) is 63.0 Å². The largest absolute Gasteiger partial charge is 0.490 e. The molecule has 0 saturated heterocycles. The standard InChI is InChI=1S/C16H13NO3S/c1-19-14-9-20-12(8-13(14)18)10-21-15-6-2-4-11-5-3-7-17-16(11)15/h2-9H,10H2,1H3. The Morgan fingerprint density at radius 1 is 1.29 bits per heavy atom. The van der Waals surface area contributed by atoms with Gasteiger partial charge in [-0.15, -0.1) is 11.8 Å². The van der Waals surface area contributed by atoms with Gasteiger partial charge in [0.15, 0.2) is 0 Å². The summed E-state index contributed by atoms with van der Waals surface area (Å²) >= 11 is 1.59. The van der Waals surface area contributed by atoms with Crippen molar-refractivity contribution >= 4 is 22.7 Å². The van der Waals surface area contributed by atoms with E-state index >= 15 is 0 Å². The summed E-state index contributed by atoms with van der Waals surface area (Å²) < 4.78 is 10.3. The van der Waals surface area contributed by atoms with Crippen LogP contribution in [0, 0.1) is 0 Å². The molecule has 0 amide bonds. The van der Waals surface area contributed by atoms with Gasteiger partial charge in [-0.1, -0.05) is 18.2 Å². The number of hydrogen-bond acceptors (Lipinski definition) is 5. The smallest absolute Gasteiger partial charge is 0.227 e. The molecule has 0 atom stereocenters. The van der Waals surface area contributed by atoms with Crippen LogP contribution in [0.3, 0.4) is 0 Å². The van der Waals surface area contributed by atoms with E-state index in [0.29, 0.717) is 11.5 Å². The summed E-state index contributed by atoms with van der Waals surface area (Å²) in [5, 5.41) is 1.10. The van der Waals surface area contributed by atoms with Crippen LogP contribution >= 0.6 is 11.8 Å². The number of benzene rings is 1. The first kappa shape index (κ1) is 13.7. The molecular weight excluding hydrogens is 286 g/mol. The number of thioether (sulfide) groups is 1. The molecule has 0 radical (unpaired) electrons. The molecule has 4 nitrogen and oxygen atoms in total. The van der Waals surface area contributed by atoms with E-state index in [2.05, 4.69) is 4.98 Å². The van der Waals surface area contributed by atoms with E-state index in [9.17, 15) is 4.79 Å². The zero-order valence-corrected chi connectivity index (χ0v) is 12.2. The zero-order valence-electron chi connectivity index (χ0n) is 11.4. The summed E-state index contributed by atoms with van der Waals surface area (Å²) in [5.74, 6) is 1.39. The molecule has 0 saturated carbocycles. The number of para-hydroxylation sites is 1. The molecular formula is C16H13NO3S. The number of fused-ring (bicyclic) bond motifs is 1. The van der Waals surface area contributed by atoms with Gasteiger partial charge >= 0.3 is 0 Å². The van der Waals surface area contributed by atoms with Gasteiger partial charge in [-0.25, -0.2) is 0 Å². The Hall–Kier alpha value is -2.27. The molecule has 0 spiro atoms. The number of methoxy groups -OCH3 is 1. The van der Waals surface area contributed by atoms with Crippen molar-refractivity contribution in [3.63, 3.8) is 0 Å². The fourth-order valence-corrected chi connectivity index (χ4v) is 2.94. The molecule has 0 bridgehead atoms. The average molecular weight is 299 g/mol. The Morgan fingerprint density at radius 2 is 2.14 bits per heavy atom. The molecule has 0 aliphatic heterocycles. The molecule has 106 valence electrons. The number of pyridine rings is 1. The van der Waals surface area contributed by atoms with Gasteiger partial charge < -0.3 is 9.15 Å². The predicted octanol–water partition coefficient (Wildman–Crippen LogP) is 3.49. The van der Waals surface area contributed by atoms with Gasteiger partial charge in [-0.05, 0) is 12.1 Å². The summed E-state index contributed by atoms with van der Waals surface area (Å²) in [4.78, 5) is 17.2. The van der Waals surface area contributed by atoms with Gasteiger partial charge in [-0.2, -0.15) is 0 Å². The van der Waals surface area contributed by atoms with Crippen LogP contribution in [-0.4, -0.2) is 12.1 Å². The second-order valence-electron chi connectivity index (χ2n) is 4.40. The van der Waals surface area contributed by atoms with E-state index in [1.807, 2.05) is 30.3 Å². The number of rotatable bonds is 4. The van der Waals surface area contributed by atoms with Crippen LogP contribution in [0.2, 0.25) is 0 Å². The van der Waals surface area contributed by atoms with Gasteiger partial charge in [0.25, 0.3) is 0 Å². The summed E-state index contributed by atoms with van der Waals surface area (Å²) in [6.45, 7) is 0. The summed E-state index contributed by atoms with van der Waals surface area (Å²) in [5.41, 5.74) is 0.788. The van der Waals surface area contributed by atoms with Crippen molar-refractivity contribution < 1.29 is 9.15 Å². The molecule has 0 fully saturated rings. The Morgan fingerprint density at radius 3 is 2.95 bits per heavy atom. The Kier molecular flexibility index (Phi) is 3.92. The monoisotopic (exact) mass is 299 g/mol. The Bertz CT molecular complexity index is 824. The van der Waals surface area contributed by atoms with E-state index in [0.717, 1.165) is 15.8 Å². The van der Waals surface area contributed by atoms with Crippen molar-refractivity contribution in [3.8, 4) is 5.75 Å². The third-order valence-electron chi connectivity index (χ3n) is 3.04. The lowest BCUT2D eigenvalue weighted by Crippen LogP contribution is -2.04. The maximum Gasteiger partial charge on any atom is 0.227 e. The second kappa shape index (κ2) is 6.01. The fraction of sp³-hybridized carbons (Fsp3) is 0.125. The van der Waals surface area contributed by atoms with Crippen molar-refractivity contribution in [3.05, 3.63) is 64.8 Å². The molecule has 21 heavy (non-hydrogen) atoms. The van der Waals surface area contributed by atoms with Crippen LogP contribution in [0.25, 0.3) is 10.9 Å². The highest BCUT2D eigenvalue weighted by Crippen LogP contribution is 2.28. The quantitative estimate of drug-likeness (QED) is 0.690. The molecule has 1 aromatic carbocycles. The first-order valence-corrected chi connectivity index (χ1v) is 7.39. The molecule has 2 heterocycles. The van der Waals surface area contributed by atoms with Crippen LogP contribution < -0.4 is 10.2 Å². The van der Waals surface area contributed by atoms with E-state index in [-0.39, 0.29) is 11.2 Å². The highest BCUT2D eigenvalue weighted by atomic mass is 32.2. The van der Waals surface area contributed by atoms with Crippen LogP contribution in [0.5, 0.6) is 5.75 Å². The SMILES string of the molecule is COc1coc(CSc2cccc3cccnc23)cc1=O. The molecule has 0 N–H and O–H groups in total. The van der Waals surface area contributed by atoms with Crippen molar-refractivity contribution in [1.29, 1.82) is 0 Å². The van der Waals surface area contributed by atoms with Crippen molar-refractivity contribution in [2.75, 3.05) is 7.11 Å². The molecule has 3 aromatic rings. The van der Waals surface area contributed by atoms with E-state index in [1.54, 1.807) is 18.0 Å². The number of ether oxygens (including phenoxy) is 1. The van der Waals surface area contributed by atoms with Gasteiger partial charge in [0.1, 0.15) is 12.0 Å². The second-order valence-corrected chi connectivity index (χ2v) is 5.42. The zero-order chi connectivity index (χ0) is 14.7. The molecule has 0 aliphatic carbocycles. The summed E-state index contributed by atoms with van der Waals surface area (Å²) in [7, 11) is 1.45. The van der Waals surface area contributed by atoms with Crippen LogP contribution in [0.1, 0.15) is 5.76 Å². The number of hydrogen-bond donors (Lipinski definition) is 0. The van der Waals surface area contributed by atoms with E-state index in [4.69, 9.17) is 9.15 Å². The maximum absolute atomic E-state index is 11.7. The molecule has 0 unspecified atom stereocenters. The predicted molar refractivity (Wildman–Crippen MR) is 82.8 cm³/mol. The van der Waals surface area contributed by atoms with Gasteiger partial charge in [0, 0.05) is 22.5 Å². The first-order valence-electron chi connectivity index (χ1n) is 6.40. The van der Waals surface area contributed by atoms with E-state index < -0.39 is 0 Å². The number of nitrogens with zero attached hydrogens (tertiary/aromatic N) is 1. The van der Waals surface area contributed by atoms with Crippen LogP contribution in [0.4, 0.5) is 0 Å². The van der Waals surface area contributed by atoms with Gasteiger partial charge in [-0.3, -0.25) is 9.78 Å². The Labute approximate surface area is 125 Å². The van der Waals surface area contributed by atoms with Gasteiger partial charge in [0.05, 0.1) is 18.4 Å². The minimum atomic E-state index is -0.171. The third kappa shape index (κ3) is 2.92. The highest BCUT2D eigenvalue weighted by Gasteiger charge is 2.06. The molecule has 2 aromatic heterocycles. The number of aromatic nitrogens is 1. The molecule has 5 heteroatoms. The van der Waals surface area contributed by atoms with E-state index in [1.165, 1.54) is 19.4 Å². The van der Waals surface area contributed by atoms with Crippen molar-refractivity contribution in [2.45, 2.75) is 10.6 Å². The fourth-order valence-electron chi connectivity index (χ4n) is 2.00. The topological polar surface area (TPSA) is 52.3 Å². The lowest BCUT2D eigenvalue weighted by atomic mass is 10.2. The summed E-state index contributed by atoms with van der Waals surface area (Å²) in [6.07, 6.45) is 3.12. The maximum atomic E-state index is 11.7. The third-order valence-corrected chi connectivity index (χ3v) is 4.11. The first-order chi connectivity index (χ1) is 10.3. The lowest BCUT2D eigenvalue weighted by molar-refractivity contribution is 0.381. The summed E-state index contributed by atoms with van der Waals surface area (Å²) in [6, 6.07) is 11.4. The van der Waals surface area contributed by atoms with Crippen LogP contribution in [-0.2, 0) is 5.75 Å². The van der Waals surface area contributed by atoms with Crippen molar-refractivity contribution in [1.82, 2.24) is 4.98 Å².